The highest BCUT2D eigenvalue weighted by Crippen LogP contribution is 2.25. The van der Waals surface area contributed by atoms with Crippen LogP contribution in [0, 0.1) is 17.3 Å². The molecular formula is C12H24N2O2. The number of carboxylic acid groups (broad SMARTS) is 1. The predicted molar refractivity (Wildman–Crippen MR) is 64.2 cm³/mol. The van der Waals surface area contributed by atoms with Crippen molar-refractivity contribution in [1.82, 2.24) is 4.90 Å². The molecule has 1 rings (SSSR count). The van der Waals surface area contributed by atoms with E-state index in [1.54, 1.807) is 13.8 Å². The van der Waals surface area contributed by atoms with Crippen LogP contribution >= 0.6 is 0 Å². The van der Waals surface area contributed by atoms with Crippen LogP contribution in [-0.2, 0) is 4.79 Å². The number of aliphatic carboxylic acids is 1. The van der Waals surface area contributed by atoms with Gasteiger partial charge in [-0.1, -0.05) is 6.92 Å². The number of carbonyl (C=O) groups is 1. The average molecular weight is 228 g/mol. The largest absolute Gasteiger partial charge is 0.481 e. The van der Waals surface area contributed by atoms with Gasteiger partial charge in [-0.15, -0.1) is 0 Å². The van der Waals surface area contributed by atoms with Gasteiger partial charge in [-0.2, -0.15) is 0 Å². The fraction of sp³-hybridized carbons (Fsp3) is 0.917. The Morgan fingerprint density at radius 3 is 2.69 bits per heavy atom. The molecule has 1 fully saturated rings. The van der Waals surface area contributed by atoms with Crippen molar-refractivity contribution in [2.24, 2.45) is 23.0 Å². The summed E-state index contributed by atoms with van der Waals surface area (Å²) in [6, 6.07) is 0. The summed E-state index contributed by atoms with van der Waals surface area (Å²) in [5.74, 6) is 0.447. The molecule has 0 saturated carbocycles. The summed E-state index contributed by atoms with van der Waals surface area (Å²) in [7, 11) is 0. The van der Waals surface area contributed by atoms with E-state index in [1.807, 2.05) is 0 Å². The van der Waals surface area contributed by atoms with Crippen molar-refractivity contribution in [2.75, 3.05) is 26.2 Å². The molecular weight excluding hydrogens is 204 g/mol. The van der Waals surface area contributed by atoms with Crippen LogP contribution in [0.3, 0.4) is 0 Å². The van der Waals surface area contributed by atoms with Crippen LogP contribution in [0.4, 0.5) is 0 Å². The second kappa shape index (κ2) is 5.15. The quantitative estimate of drug-likeness (QED) is 0.753. The number of nitrogens with zero attached hydrogens (tertiary/aromatic N) is 1. The average Bonchev–Trinajstić information content (AvgIpc) is 2.20. The van der Waals surface area contributed by atoms with E-state index in [0.29, 0.717) is 24.9 Å². The minimum absolute atomic E-state index is 0.512. The van der Waals surface area contributed by atoms with Gasteiger partial charge in [0.25, 0.3) is 0 Å². The summed E-state index contributed by atoms with van der Waals surface area (Å²) in [6.07, 6.45) is 1.12. The maximum atomic E-state index is 11.1. The summed E-state index contributed by atoms with van der Waals surface area (Å²) >= 11 is 0. The molecule has 0 aromatic rings. The third-order valence-electron chi connectivity index (χ3n) is 3.70. The van der Waals surface area contributed by atoms with Crippen molar-refractivity contribution in [3.05, 3.63) is 0 Å². The molecule has 0 spiro atoms. The number of nitrogens with two attached hydrogens (primary N) is 1. The van der Waals surface area contributed by atoms with Crippen LogP contribution in [0.2, 0.25) is 0 Å². The van der Waals surface area contributed by atoms with Gasteiger partial charge in [0.15, 0.2) is 0 Å². The minimum Gasteiger partial charge on any atom is -0.481 e. The van der Waals surface area contributed by atoms with Crippen molar-refractivity contribution < 1.29 is 9.90 Å². The smallest absolute Gasteiger partial charge is 0.310 e. The first-order valence-electron chi connectivity index (χ1n) is 6.02. The minimum atomic E-state index is -0.726. The number of piperidine rings is 1. The Balaban J connectivity index is 2.53. The van der Waals surface area contributed by atoms with Crippen molar-refractivity contribution in [3.8, 4) is 0 Å². The Morgan fingerprint density at radius 1 is 1.56 bits per heavy atom. The van der Waals surface area contributed by atoms with E-state index in [1.165, 1.54) is 0 Å². The molecule has 2 atom stereocenters. The lowest BCUT2D eigenvalue weighted by molar-refractivity contribution is -0.148. The fourth-order valence-electron chi connectivity index (χ4n) is 2.30. The molecule has 0 aromatic carbocycles. The van der Waals surface area contributed by atoms with E-state index in [0.717, 1.165) is 19.5 Å². The molecule has 1 saturated heterocycles. The zero-order valence-electron chi connectivity index (χ0n) is 10.6. The second-order valence-electron chi connectivity index (χ2n) is 5.69. The molecule has 2 unspecified atom stereocenters. The van der Waals surface area contributed by atoms with Gasteiger partial charge in [0.2, 0.25) is 0 Å². The highest BCUT2D eigenvalue weighted by molar-refractivity contribution is 5.73. The second-order valence-corrected chi connectivity index (χ2v) is 5.69. The van der Waals surface area contributed by atoms with E-state index in [9.17, 15) is 4.79 Å². The summed E-state index contributed by atoms with van der Waals surface area (Å²) in [5, 5.41) is 9.10. The molecule has 0 radical (unpaired) electrons. The molecule has 16 heavy (non-hydrogen) atoms. The van der Waals surface area contributed by atoms with Gasteiger partial charge in [0, 0.05) is 13.1 Å². The molecule has 3 N–H and O–H groups in total. The van der Waals surface area contributed by atoms with Crippen LogP contribution < -0.4 is 5.73 Å². The lowest BCUT2D eigenvalue weighted by Gasteiger charge is -2.39. The maximum Gasteiger partial charge on any atom is 0.310 e. The molecule has 0 aliphatic carbocycles. The Kier molecular flexibility index (Phi) is 4.33. The molecule has 0 amide bonds. The van der Waals surface area contributed by atoms with E-state index in [2.05, 4.69) is 11.8 Å². The normalized spacial score (nSPS) is 28.0. The van der Waals surface area contributed by atoms with Gasteiger partial charge in [-0.05, 0) is 45.2 Å². The molecule has 4 nitrogen and oxygen atoms in total. The third-order valence-corrected chi connectivity index (χ3v) is 3.70. The van der Waals surface area contributed by atoms with Crippen LogP contribution in [0.25, 0.3) is 0 Å². The molecule has 0 bridgehead atoms. The summed E-state index contributed by atoms with van der Waals surface area (Å²) in [6.45, 7) is 9.05. The van der Waals surface area contributed by atoms with Crippen LogP contribution in [0.5, 0.6) is 0 Å². The van der Waals surface area contributed by atoms with Gasteiger partial charge in [-0.3, -0.25) is 4.79 Å². The van der Waals surface area contributed by atoms with Crippen molar-refractivity contribution in [3.63, 3.8) is 0 Å². The Hall–Kier alpha value is -0.610. The molecule has 1 aliphatic heterocycles. The van der Waals surface area contributed by atoms with Gasteiger partial charge < -0.3 is 15.7 Å². The van der Waals surface area contributed by atoms with E-state index < -0.39 is 11.4 Å². The molecule has 94 valence electrons. The van der Waals surface area contributed by atoms with Crippen LogP contribution in [0.15, 0.2) is 0 Å². The standard InChI is InChI=1S/C12H24N2O2/c1-9-4-5-14(7-10(9)6-13)8-12(2,3)11(15)16/h9-10H,4-8,13H2,1-3H3,(H,15,16). The molecule has 1 heterocycles. The van der Waals surface area contributed by atoms with Gasteiger partial charge in [0.1, 0.15) is 0 Å². The fourth-order valence-corrected chi connectivity index (χ4v) is 2.30. The van der Waals surface area contributed by atoms with E-state index in [-0.39, 0.29) is 0 Å². The lowest BCUT2D eigenvalue weighted by atomic mass is 9.85. The monoisotopic (exact) mass is 228 g/mol. The number of carboxylic acids is 1. The van der Waals surface area contributed by atoms with Crippen molar-refractivity contribution in [2.45, 2.75) is 27.2 Å². The molecule has 4 heteroatoms. The topological polar surface area (TPSA) is 66.6 Å². The first-order valence-corrected chi connectivity index (χ1v) is 6.02. The Labute approximate surface area is 97.8 Å². The summed E-state index contributed by atoms with van der Waals surface area (Å²) < 4.78 is 0. The highest BCUT2D eigenvalue weighted by atomic mass is 16.4. The Bertz CT molecular complexity index is 253. The summed E-state index contributed by atoms with van der Waals surface area (Å²) in [4.78, 5) is 13.3. The number of hydrogen-bond acceptors (Lipinski definition) is 3. The lowest BCUT2D eigenvalue weighted by Crippen LogP contribution is -2.47. The van der Waals surface area contributed by atoms with Crippen molar-refractivity contribution in [1.29, 1.82) is 0 Å². The number of likely N-dealkylation sites (tertiary alicyclic amines) is 1. The van der Waals surface area contributed by atoms with Crippen molar-refractivity contribution >= 4 is 5.97 Å². The molecule has 0 aromatic heterocycles. The van der Waals surface area contributed by atoms with Crippen LogP contribution in [-0.4, -0.2) is 42.2 Å². The first kappa shape index (κ1) is 13.5. The third kappa shape index (κ3) is 3.19. The predicted octanol–water partition coefficient (Wildman–Crippen LogP) is 1.01. The van der Waals surface area contributed by atoms with Crippen LogP contribution in [0.1, 0.15) is 27.2 Å². The zero-order valence-corrected chi connectivity index (χ0v) is 10.6. The highest BCUT2D eigenvalue weighted by Gasteiger charge is 2.33. The van der Waals surface area contributed by atoms with Gasteiger partial charge in [0.05, 0.1) is 5.41 Å². The van der Waals surface area contributed by atoms with E-state index in [4.69, 9.17) is 10.8 Å². The summed E-state index contributed by atoms with van der Waals surface area (Å²) in [5.41, 5.74) is 5.07. The SMILES string of the molecule is CC1CCN(CC(C)(C)C(=O)O)CC1CN. The Morgan fingerprint density at radius 2 is 2.19 bits per heavy atom. The zero-order chi connectivity index (χ0) is 12.3. The van der Waals surface area contributed by atoms with Gasteiger partial charge >= 0.3 is 5.97 Å². The van der Waals surface area contributed by atoms with E-state index >= 15 is 0 Å². The number of rotatable bonds is 4. The first-order chi connectivity index (χ1) is 7.36. The maximum absolute atomic E-state index is 11.1. The van der Waals surface area contributed by atoms with Gasteiger partial charge in [-0.25, -0.2) is 0 Å². The number of hydrogen-bond donors (Lipinski definition) is 2. The molecule has 1 aliphatic rings.